The number of piperidine rings is 1. The molecule has 0 bridgehead atoms. The first-order chi connectivity index (χ1) is 16.9. The fraction of sp³-hybridized carbons (Fsp3) is 0.429. The van der Waals surface area contributed by atoms with E-state index in [2.05, 4.69) is 22.1 Å². The minimum atomic E-state index is -0.202. The molecule has 7 heteroatoms. The molecular formula is C28H35FN4O2. The van der Waals surface area contributed by atoms with Gasteiger partial charge in [-0.25, -0.2) is 4.39 Å². The third kappa shape index (κ3) is 5.90. The highest BCUT2D eigenvalue weighted by molar-refractivity contribution is 5.92. The Kier molecular flexibility index (Phi) is 7.86. The topological polar surface area (TPSA) is 50.6 Å². The van der Waals surface area contributed by atoms with Gasteiger partial charge in [-0.05, 0) is 75.0 Å². The largest absolute Gasteiger partial charge is 0.497 e. The van der Waals surface area contributed by atoms with E-state index < -0.39 is 0 Å². The molecule has 1 aliphatic rings. The molecule has 1 aromatic heterocycles. The molecular weight excluding hydrogens is 443 g/mol. The van der Waals surface area contributed by atoms with E-state index in [1.54, 1.807) is 23.9 Å². The Bertz CT molecular complexity index is 1140. The number of likely N-dealkylation sites (tertiary alicyclic amines) is 1. The van der Waals surface area contributed by atoms with Gasteiger partial charge in [-0.1, -0.05) is 30.3 Å². The Balaban J connectivity index is 1.48. The summed E-state index contributed by atoms with van der Waals surface area (Å²) >= 11 is 0. The van der Waals surface area contributed by atoms with Crippen LogP contribution >= 0.6 is 0 Å². The summed E-state index contributed by atoms with van der Waals surface area (Å²) in [6.07, 6.45) is 2.70. The molecule has 1 atom stereocenters. The van der Waals surface area contributed by atoms with E-state index in [9.17, 15) is 9.18 Å². The Morgan fingerprint density at radius 2 is 1.89 bits per heavy atom. The zero-order valence-corrected chi connectivity index (χ0v) is 21.1. The molecule has 0 spiro atoms. The number of benzene rings is 2. The molecule has 0 aliphatic carbocycles. The van der Waals surface area contributed by atoms with Gasteiger partial charge in [0.2, 0.25) is 0 Å². The molecule has 0 N–H and O–H groups in total. The normalized spacial score (nSPS) is 15.7. The third-order valence-electron chi connectivity index (χ3n) is 7.15. The lowest BCUT2D eigenvalue weighted by atomic mass is 9.84. The van der Waals surface area contributed by atoms with Crippen molar-refractivity contribution in [2.45, 2.75) is 38.8 Å². The standard InChI is InChI=1S/C28H35FN4O2/c1-20-16-27(32(3)30-20)28(34)31(2)26(17-21-8-6-5-7-9-21)22-12-14-33(15-13-22)19-23-18-24(35-4)10-11-25(23)29/h5-11,16,18,22,26H,12-15,17,19H2,1-4H3/t26-/m0/s1. The first kappa shape index (κ1) is 24.9. The van der Waals surface area contributed by atoms with Crippen LogP contribution in [0.3, 0.4) is 0 Å². The summed E-state index contributed by atoms with van der Waals surface area (Å²) in [7, 11) is 5.33. The van der Waals surface area contributed by atoms with Gasteiger partial charge in [-0.2, -0.15) is 5.10 Å². The van der Waals surface area contributed by atoms with Crippen molar-refractivity contribution in [3.63, 3.8) is 0 Å². The molecule has 0 saturated carbocycles. The van der Waals surface area contributed by atoms with Gasteiger partial charge < -0.3 is 9.64 Å². The van der Waals surface area contributed by atoms with Crippen LogP contribution in [0.5, 0.6) is 5.75 Å². The molecule has 1 saturated heterocycles. The molecule has 0 unspecified atom stereocenters. The van der Waals surface area contributed by atoms with Crippen molar-refractivity contribution >= 4 is 5.91 Å². The maximum Gasteiger partial charge on any atom is 0.272 e. The van der Waals surface area contributed by atoms with E-state index >= 15 is 0 Å². The Morgan fingerprint density at radius 3 is 2.51 bits per heavy atom. The van der Waals surface area contributed by atoms with E-state index in [0.717, 1.165) is 38.0 Å². The van der Waals surface area contributed by atoms with E-state index in [4.69, 9.17) is 4.74 Å². The summed E-state index contributed by atoms with van der Waals surface area (Å²) in [5.74, 6) is 0.816. The number of amides is 1. The van der Waals surface area contributed by atoms with Crippen LogP contribution in [0.1, 0.15) is 40.2 Å². The molecule has 3 aromatic rings. The van der Waals surface area contributed by atoms with Crippen LogP contribution in [0.25, 0.3) is 0 Å². The number of carbonyl (C=O) groups excluding carboxylic acids is 1. The van der Waals surface area contributed by atoms with Crippen molar-refractivity contribution in [3.05, 3.63) is 82.9 Å². The van der Waals surface area contributed by atoms with Crippen molar-refractivity contribution in [2.24, 2.45) is 13.0 Å². The number of aryl methyl sites for hydroxylation is 2. The maximum absolute atomic E-state index is 14.4. The van der Waals surface area contributed by atoms with Crippen LogP contribution in [-0.4, -0.2) is 58.8 Å². The summed E-state index contributed by atoms with van der Waals surface area (Å²) in [4.78, 5) is 17.7. The van der Waals surface area contributed by atoms with E-state index in [1.165, 1.54) is 11.6 Å². The predicted octanol–water partition coefficient (Wildman–Crippen LogP) is 4.47. The van der Waals surface area contributed by atoms with Gasteiger partial charge in [0.25, 0.3) is 5.91 Å². The van der Waals surface area contributed by atoms with Gasteiger partial charge in [0, 0.05) is 32.2 Å². The SMILES string of the molecule is COc1ccc(F)c(CN2CCC([C@H](Cc3ccccc3)N(C)C(=O)c3cc(C)nn3C)CC2)c1. The number of hydrogen-bond acceptors (Lipinski definition) is 4. The molecule has 186 valence electrons. The van der Waals surface area contributed by atoms with Gasteiger partial charge in [0.05, 0.1) is 12.8 Å². The third-order valence-corrected chi connectivity index (χ3v) is 7.15. The number of nitrogens with zero attached hydrogens (tertiary/aromatic N) is 4. The number of methoxy groups -OCH3 is 1. The van der Waals surface area contributed by atoms with Crippen molar-refractivity contribution in [2.75, 3.05) is 27.2 Å². The van der Waals surface area contributed by atoms with Crippen LogP contribution < -0.4 is 4.74 Å². The Hall–Kier alpha value is -3.19. The first-order valence-corrected chi connectivity index (χ1v) is 12.2. The van der Waals surface area contributed by atoms with E-state index in [1.807, 2.05) is 50.2 Å². The fourth-order valence-electron chi connectivity index (χ4n) is 5.15. The highest BCUT2D eigenvalue weighted by Crippen LogP contribution is 2.29. The minimum Gasteiger partial charge on any atom is -0.497 e. The lowest BCUT2D eigenvalue weighted by Crippen LogP contribution is -2.47. The predicted molar refractivity (Wildman–Crippen MR) is 135 cm³/mol. The number of ether oxygens (including phenoxy) is 1. The Morgan fingerprint density at radius 1 is 1.17 bits per heavy atom. The molecule has 2 heterocycles. The maximum atomic E-state index is 14.4. The second-order valence-electron chi connectivity index (χ2n) is 9.54. The van der Waals surface area contributed by atoms with Crippen molar-refractivity contribution in [1.29, 1.82) is 0 Å². The molecule has 6 nitrogen and oxygen atoms in total. The number of carbonyl (C=O) groups is 1. The number of aromatic nitrogens is 2. The fourth-order valence-corrected chi connectivity index (χ4v) is 5.15. The van der Waals surface area contributed by atoms with Gasteiger partial charge in [-0.3, -0.25) is 14.4 Å². The zero-order valence-electron chi connectivity index (χ0n) is 21.1. The minimum absolute atomic E-state index is 0.00471. The lowest BCUT2D eigenvalue weighted by Gasteiger charge is -2.40. The molecule has 35 heavy (non-hydrogen) atoms. The molecule has 4 rings (SSSR count). The highest BCUT2D eigenvalue weighted by atomic mass is 19.1. The summed E-state index contributed by atoms with van der Waals surface area (Å²) in [6.45, 7) is 4.18. The quantitative estimate of drug-likeness (QED) is 0.479. The number of halogens is 1. The second kappa shape index (κ2) is 11.0. The van der Waals surface area contributed by atoms with Crippen molar-refractivity contribution in [1.82, 2.24) is 19.6 Å². The van der Waals surface area contributed by atoms with Gasteiger partial charge in [0.15, 0.2) is 0 Å². The molecule has 2 aromatic carbocycles. The van der Waals surface area contributed by atoms with Gasteiger partial charge >= 0.3 is 0 Å². The number of likely N-dealkylation sites (N-methyl/N-ethyl adjacent to an activating group) is 1. The molecule has 0 radical (unpaired) electrons. The van der Waals surface area contributed by atoms with Crippen molar-refractivity contribution in [3.8, 4) is 5.75 Å². The van der Waals surface area contributed by atoms with Gasteiger partial charge in [-0.15, -0.1) is 0 Å². The average molecular weight is 479 g/mol. The lowest BCUT2D eigenvalue weighted by molar-refractivity contribution is 0.0574. The zero-order chi connectivity index (χ0) is 24.9. The van der Waals surface area contributed by atoms with Crippen LogP contribution in [-0.2, 0) is 20.0 Å². The Labute approximate surface area is 207 Å². The van der Waals surface area contributed by atoms with E-state index in [-0.39, 0.29) is 17.8 Å². The van der Waals surface area contributed by atoms with Crippen LogP contribution in [0.15, 0.2) is 54.6 Å². The van der Waals surface area contributed by atoms with Crippen LogP contribution in [0, 0.1) is 18.7 Å². The van der Waals surface area contributed by atoms with Crippen molar-refractivity contribution < 1.29 is 13.9 Å². The molecule has 1 aliphatic heterocycles. The first-order valence-electron chi connectivity index (χ1n) is 12.2. The second-order valence-corrected chi connectivity index (χ2v) is 9.54. The van der Waals surface area contributed by atoms with Crippen LogP contribution in [0.2, 0.25) is 0 Å². The van der Waals surface area contributed by atoms with E-state index in [0.29, 0.717) is 29.5 Å². The summed E-state index contributed by atoms with van der Waals surface area (Å²) in [5.41, 5.74) is 3.32. The smallest absolute Gasteiger partial charge is 0.272 e. The summed E-state index contributed by atoms with van der Waals surface area (Å²) < 4.78 is 21.3. The summed E-state index contributed by atoms with van der Waals surface area (Å²) in [6, 6.07) is 17.2. The molecule has 1 fully saturated rings. The molecule has 1 amide bonds. The highest BCUT2D eigenvalue weighted by Gasteiger charge is 2.33. The number of hydrogen-bond donors (Lipinski definition) is 0. The van der Waals surface area contributed by atoms with Gasteiger partial charge in [0.1, 0.15) is 17.3 Å². The average Bonchev–Trinajstić information content (AvgIpc) is 3.22. The van der Waals surface area contributed by atoms with Crippen LogP contribution in [0.4, 0.5) is 4.39 Å². The monoisotopic (exact) mass is 478 g/mol. The number of rotatable bonds is 8. The summed E-state index contributed by atoms with van der Waals surface area (Å²) in [5, 5.41) is 4.36.